The molecule has 0 unspecified atom stereocenters. The van der Waals surface area contributed by atoms with Gasteiger partial charge < -0.3 is 19.9 Å². The molecule has 1 saturated heterocycles. The minimum Gasteiger partial charge on any atom is -0.381 e. The number of carbonyl (C=O) groups is 3. The first-order valence-electron chi connectivity index (χ1n) is 9.87. The van der Waals surface area contributed by atoms with E-state index in [1.165, 1.54) is 18.2 Å². The van der Waals surface area contributed by atoms with Crippen LogP contribution in [0.4, 0.5) is 10.1 Å². The number of halogens is 1. The average Bonchev–Trinajstić information content (AvgIpc) is 2.93. The van der Waals surface area contributed by atoms with Gasteiger partial charge in [0.2, 0.25) is 0 Å². The number of aryl methyl sites for hydroxylation is 1. The molecule has 0 radical (unpaired) electrons. The molecule has 2 N–H and O–H groups in total. The number of aromatic nitrogens is 1. The topological polar surface area (TPSA) is 89.4 Å². The van der Waals surface area contributed by atoms with Crippen molar-refractivity contribution in [2.24, 2.45) is 7.05 Å². The molecule has 160 valence electrons. The maximum Gasteiger partial charge on any atom is 0.294 e. The summed E-state index contributed by atoms with van der Waals surface area (Å²) in [5, 5.41) is 5.50. The van der Waals surface area contributed by atoms with Gasteiger partial charge in [0.05, 0.1) is 11.3 Å². The van der Waals surface area contributed by atoms with Crippen LogP contribution in [-0.4, -0.2) is 41.4 Å². The number of amides is 2. The minimum atomic E-state index is -0.688. The second-order valence-corrected chi connectivity index (χ2v) is 7.60. The molecule has 2 amide bonds. The Hall–Kier alpha value is -3.00. The monoisotopic (exact) mass is 415 g/mol. The Balaban J connectivity index is 1.83. The van der Waals surface area contributed by atoms with Gasteiger partial charge in [-0.1, -0.05) is 0 Å². The van der Waals surface area contributed by atoms with E-state index in [1.807, 2.05) is 0 Å². The van der Waals surface area contributed by atoms with Crippen LogP contribution in [0.15, 0.2) is 18.2 Å². The third kappa shape index (κ3) is 4.28. The summed E-state index contributed by atoms with van der Waals surface area (Å²) < 4.78 is 20.3. The summed E-state index contributed by atoms with van der Waals surface area (Å²) in [7, 11) is 1.65. The number of rotatable bonds is 5. The predicted molar refractivity (Wildman–Crippen MR) is 110 cm³/mol. The largest absolute Gasteiger partial charge is 0.381 e. The Kier molecular flexibility index (Phi) is 6.36. The van der Waals surface area contributed by atoms with E-state index >= 15 is 0 Å². The molecule has 2 aromatic rings. The van der Waals surface area contributed by atoms with Crippen molar-refractivity contribution >= 4 is 23.3 Å². The van der Waals surface area contributed by atoms with Gasteiger partial charge in [-0.15, -0.1) is 0 Å². The SMILES string of the molecule is Cc1cc(NC(=O)c2c(C)c(C(=O)C(=O)NC3CCOCC3)n(C)c2C)ccc1F. The number of carbonyl (C=O) groups excluding carboxylic acids is 3. The van der Waals surface area contributed by atoms with Crippen molar-refractivity contribution in [3.63, 3.8) is 0 Å². The van der Waals surface area contributed by atoms with Gasteiger partial charge in [-0.05, 0) is 62.9 Å². The van der Waals surface area contributed by atoms with Crippen LogP contribution in [0.25, 0.3) is 0 Å². The molecule has 1 aromatic carbocycles. The highest BCUT2D eigenvalue weighted by molar-refractivity contribution is 6.43. The van der Waals surface area contributed by atoms with Gasteiger partial charge in [0.15, 0.2) is 0 Å². The fraction of sp³-hybridized carbons (Fsp3) is 0.409. The van der Waals surface area contributed by atoms with Gasteiger partial charge in [-0.25, -0.2) is 4.39 Å². The van der Waals surface area contributed by atoms with Gasteiger partial charge in [-0.3, -0.25) is 14.4 Å². The van der Waals surface area contributed by atoms with E-state index in [2.05, 4.69) is 10.6 Å². The lowest BCUT2D eigenvalue weighted by Gasteiger charge is -2.22. The second-order valence-electron chi connectivity index (χ2n) is 7.60. The number of ketones is 1. The summed E-state index contributed by atoms with van der Waals surface area (Å²) in [5.74, 6) is -2.15. The molecule has 7 nitrogen and oxygen atoms in total. The minimum absolute atomic E-state index is 0.0960. The van der Waals surface area contributed by atoms with Crippen molar-refractivity contribution in [2.75, 3.05) is 18.5 Å². The molecule has 0 aliphatic carbocycles. The van der Waals surface area contributed by atoms with E-state index in [4.69, 9.17) is 4.74 Å². The molecule has 1 fully saturated rings. The van der Waals surface area contributed by atoms with E-state index in [-0.39, 0.29) is 17.6 Å². The van der Waals surface area contributed by atoms with E-state index in [1.54, 1.807) is 32.4 Å². The normalized spacial score (nSPS) is 14.4. The fourth-order valence-electron chi connectivity index (χ4n) is 3.75. The van der Waals surface area contributed by atoms with E-state index < -0.39 is 17.6 Å². The molecule has 1 aromatic heterocycles. The lowest BCUT2D eigenvalue weighted by atomic mass is 10.1. The number of hydrogen-bond acceptors (Lipinski definition) is 4. The highest BCUT2D eigenvalue weighted by Crippen LogP contribution is 2.24. The zero-order valence-corrected chi connectivity index (χ0v) is 17.6. The first kappa shape index (κ1) is 21.7. The van der Waals surface area contributed by atoms with Crippen LogP contribution in [0, 0.1) is 26.6 Å². The van der Waals surface area contributed by atoms with Crippen LogP contribution >= 0.6 is 0 Å². The molecular weight excluding hydrogens is 389 g/mol. The highest BCUT2D eigenvalue weighted by atomic mass is 19.1. The van der Waals surface area contributed by atoms with Gasteiger partial charge >= 0.3 is 0 Å². The van der Waals surface area contributed by atoms with Crippen LogP contribution in [0.5, 0.6) is 0 Å². The summed E-state index contributed by atoms with van der Waals surface area (Å²) in [6, 6.07) is 4.20. The number of Topliss-reactive ketones (excluding diaryl/α,β-unsaturated/α-hetero) is 1. The molecule has 1 aliphatic rings. The fourth-order valence-corrected chi connectivity index (χ4v) is 3.75. The number of nitrogens with zero attached hydrogens (tertiary/aromatic N) is 1. The Morgan fingerprint density at radius 3 is 2.43 bits per heavy atom. The molecule has 0 saturated carbocycles. The van der Waals surface area contributed by atoms with Gasteiger partial charge in [0.25, 0.3) is 17.6 Å². The summed E-state index contributed by atoms with van der Waals surface area (Å²) in [6.45, 7) is 6.07. The number of hydrogen-bond donors (Lipinski definition) is 2. The molecule has 0 bridgehead atoms. The lowest BCUT2D eigenvalue weighted by molar-refractivity contribution is -0.118. The van der Waals surface area contributed by atoms with Crippen molar-refractivity contribution in [1.29, 1.82) is 0 Å². The van der Waals surface area contributed by atoms with Crippen LogP contribution in [0.1, 0.15) is 50.5 Å². The zero-order valence-electron chi connectivity index (χ0n) is 17.6. The van der Waals surface area contributed by atoms with Crippen molar-refractivity contribution in [3.05, 3.63) is 52.1 Å². The number of anilines is 1. The molecule has 0 atom stereocenters. The van der Waals surface area contributed by atoms with E-state index in [9.17, 15) is 18.8 Å². The molecule has 2 heterocycles. The molecular formula is C22H26FN3O4. The van der Waals surface area contributed by atoms with E-state index in [0.717, 1.165) is 0 Å². The number of benzene rings is 1. The van der Waals surface area contributed by atoms with Crippen LogP contribution < -0.4 is 10.6 Å². The Morgan fingerprint density at radius 1 is 1.13 bits per heavy atom. The molecule has 3 rings (SSSR count). The van der Waals surface area contributed by atoms with Crippen molar-refractivity contribution in [3.8, 4) is 0 Å². The van der Waals surface area contributed by atoms with Gasteiger partial charge in [-0.2, -0.15) is 0 Å². The summed E-state index contributed by atoms with van der Waals surface area (Å²) in [4.78, 5) is 38.3. The van der Waals surface area contributed by atoms with Gasteiger partial charge in [0, 0.05) is 37.7 Å². The zero-order chi connectivity index (χ0) is 22.0. The first-order valence-corrected chi connectivity index (χ1v) is 9.87. The Labute approximate surface area is 174 Å². The lowest BCUT2D eigenvalue weighted by Crippen LogP contribution is -2.42. The standard InChI is InChI=1S/C22H26FN3O4/c1-12-11-16(5-6-17(12)23)25-21(28)18-13(2)19(26(4)14(18)3)20(27)22(29)24-15-7-9-30-10-8-15/h5-6,11,15H,7-10H2,1-4H3,(H,24,29)(H,25,28). The maximum atomic E-state index is 13.5. The summed E-state index contributed by atoms with van der Waals surface area (Å²) in [6.07, 6.45) is 1.32. The van der Waals surface area contributed by atoms with Crippen LogP contribution in [0.3, 0.4) is 0 Å². The highest BCUT2D eigenvalue weighted by Gasteiger charge is 2.30. The number of ether oxygens (including phenoxy) is 1. The van der Waals surface area contributed by atoms with E-state index in [0.29, 0.717) is 54.1 Å². The van der Waals surface area contributed by atoms with Gasteiger partial charge in [0.1, 0.15) is 5.82 Å². The summed E-state index contributed by atoms with van der Waals surface area (Å²) in [5.41, 5.74) is 2.35. The van der Waals surface area contributed by atoms with Crippen molar-refractivity contribution in [1.82, 2.24) is 9.88 Å². The Morgan fingerprint density at radius 2 is 1.80 bits per heavy atom. The number of nitrogens with one attached hydrogen (secondary N) is 2. The molecule has 0 spiro atoms. The second kappa shape index (κ2) is 8.79. The maximum absolute atomic E-state index is 13.5. The summed E-state index contributed by atoms with van der Waals surface area (Å²) >= 11 is 0. The third-order valence-corrected chi connectivity index (χ3v) is 5.55. The molecule has 1 aliphatic heterocycles. The quantitative estimate of drug-likeness (QED) is 0.581. The molecule has 8 heteroatoms. The predicted octanol–water partition coefficient (Wildman–Crippen LogP) is 2.82. The van der Waals surface area contributed by atoms with Crippen molar-refractivity contribution in [2.45, 2.75) is 39.7 Å². The smallest absolute Gasteiger partial charge is 0.294 e. The molecule has 30 heavy (non-hydrogen) atoms. The Bertz CT molecular complexity index is 1010. The van der Waals surface area contributed by atoms with Crippen molar-refractivity contribution < 1.29 is 23.5 Å². The van der Waals surface area contributed by atoms with Crippen LogP contribution in [-0.2, 0) is 16.6 Å². The van der Waals surface area contributed by atoms with Crippen LogP contribution in [0.2, 0.25) is 0 Å². The third-order valence-electron chi connectivity index (χ3n) is 5.55. The average molecular weight is 415 g/mol. The first-order chi connectivity index (χ1) is 14.2.